The Kier molecular flexibility index (Phi) is 7.87. The fourth-order valence-electron chi connectivity index (χ4n) is 2.10. The van der Waals surface area contributed by atoms with Gasteiger partial charge in [-0.05, 0) is 26.0 Å². The maximum absolute atomic E-state index is 8.89. The maximum Gasteiger partial charge on any atom is 0.158 e. The minimum absolute atomic E-state index is 0.135. The molecule has 0 aliphatic heterocycles. The third-order valence-corrected chi connectivity index (χ3v) is 3.48. The smallest absolute Gasteiger partial charge is 0.158 e. The lowest BCUT2D eigenvalue weighted by Crippen LogP contribution is -2.02. The average Bonchev–Trinajstić information content (AvgIpc) is 3.14. The summed E-state index contributed by atoms with van der Waals surface area (Å²) in [6, 6.07) is 13.7. The van der Waals surface area contributed by atoms with E-state index in [0.717, 1.165) is 11.3 Å². The van der Waals surface area contributed by atoms with E-state index in [1.54, 1.807) is 25.4 Å². The van der Waals surface area contributed by atoms with Crippen LogP contribution in [0.1, 0.15) is 28.3 Å². The van der Waals surface area contributed by atoms with Crippen molar-refractivity contribution in [1.82, 2.24) is 9.97 Å². The Labute approximate surface area is 158 Å². The van der Waals surface area contributed by atoms with E-state index in [4.69, 9.17) is 9.52 Å². The van der Waals surface area contributed by atoms with Crippen LogP contribution in [0.4, 0.5) is 5.82 Å². The Bertz CT molecular complexity index is 888. The highest BCUT2D eigenvalue weighted by Crippen LogP contribution is 2.12. The molecule has 0 amide bonds. The summed E-state index contributed by atoms with van der Waals surface area (Å²) in [5.41, 5.74) is 5.73. The third kappa shape index (κ3) is 6.48. The molecular formula is C20H23N5O2. The number of nitrogens with zero attached hydrogens (tertiary/aromatic N) is 4. The number of aliphatic imine (C=N–C) groups is 1. The third-order valence-electron chi connectivity index (χ3n) is 3.48. The second-order valence-electron chi connectivity index (χ2n) is 5.60. The fourth-order valence-corrected chi connectivity index (χ4v) is 2.10. The van der Waals surface area contributed by atoms with Crippen molar-refractivity contribution in [1.29, 1.82) is 0 Å². The molecule has 0 saturated heterocycles. The molecule has 2 aromatic heterocycles. The van der Waals surface area contributed by atoms with Gasteiger partial charge in [0.2, 0.25) is 0 Å². The predicted molar refractivity (Wildman–Crippen MR) is 107 cm³/mol. The Balaban J connectivity index is 0.000000313. The highest BCUT2D eigenvalue weighted by atomic mass is 16.4. The molecule has 0 spiro atoms. The topological polar surface area (TPSA) is 95.9 Å². The SMILES string of the molecule is CN=Cc1c(C)ncnc1N/N=C/c1ccc(CO)o1.Cc1ccccc1. The van der Waals surface area contributed by atoms with Crippen LogP contribution in [0.25, 0.3) is 0 Å². The maximum atomic E-state index is 8.89. The summed E-state index contributed by atoms with van der Waals surface area (Å²) < 4.78 is 5.27. The highest BCUT2D eigenvalue weighted by molar-refractivity contribution is 5.87. The van der Waals surface area contributed by atoms with E-state index in [2.05, 4.69) is 44.5 Å². The van der Waals surface area contributed by atoms with Gasteiger partial charge in [-0.1, -0.05) is 35.9 Å². The second kappa shape index (κ2) is 10.6. The first-order valence-electron chi connectivity index (χ1n) is 8.38. The monoisotopic (exact) mass is 365 g/mol. The highest BCUT2D eigenvalue weighted by Gasteiger charge is 2.05. The van der Waals surface area contributed by atoms with E-state index in [9.17, 15) is 0 Å². The van der Waals surface area contributed by atoms with Crippen LogP contribution in [0.3, 0.4) is 0 Å². The summed E-state index contributed by atoms with van der Waals surface area (Å²) in [5.74, 6) is 1.59. The quantitative estimate of drug-likeness (QED) is 0.534. The van der Waals surface area contributed by atoms with Crippen molar-refractivity contribution in [3.05, 3.63) is 77.1 Å². The molecular weight excluding hydrogens is 342 g/mol. The molecule has 0 aliphatic carbocycles. The predicted octanol–water partition coefficient (Wildman–Crippen LogP) is 3.36. The van der Waals surface area contributed by atoms with Crippen molar-refractivity contribution in [3.63, 3.8) is 0 Å². The number of hydrogen-bond acceptors (Lipinski definition) is 7. The number of hydrazone groups is 1. The van der Waals surface area contributed by atoms with Gasteiger partial charge in [-0.15, -0.1) is 0 Å². The number of aliphatic hydroxyl groups is 1. The molecule has 0 unspecified atom stereocenters. The van der Waals surface area contributed by atoms with Crippen LogP contribution >= 0.6 is 0 Å². The fraction of sp³-hybridized carbons (Fsp3) is 0.200. The first-order valence-corrected chi connectivity index (χ1v) is 8.38. The molecule has 0 radical (unpaired) electrons. The average molecular weight is 365 g/mol. The van der Waals surface area contributed by atoms with Gasteiger partial charge in [0.25, 0.3) is 0 Å². The molecule has 0 atom stereocenters. The molecule has 2 N–H and O–H groups in total. The number of benzene rings is 1. The zero-order valence-corrected chi connectivity index (χ0v) is 15.6. The number of nitrogens with one attached hydrogen (secondary N) is 1. The molecule has 0 bridgehead atoms. The molecule has 3 aromatic rings. The molecule has 0 saturated carbocycles. The Morgan fingerprint density at radius 3 is 2.44 bits per heavy atom. The normalized spacial score (nSPS) is 10.8. The van der Waals surface area contributed by atoms with Crippen LogP contribution in [-0.2, 0) is 6.61 Å². The summed E-state index contributed by atoms with van der Waals surface area (Å²) in [6.07, 6.45) is 4.63. The number of rotatable bonds is 5. The number of anilines is 1. The van der Waals surface area contributed by atoms with Crippen LogP contribution < -0.4 is 5.43 Å². The number of hydrogen-bond donors (Lipinski definition) is 2. The van der Waals surface area contributed by atoms with E-state index >= 15 is 0 Å². The summed E-state index contributed by atoms with van der Waals surface area (Å²) in [7, 11) is 1.68. The second-order valence-corrected chi connectivity index (χ2v) is 5.60. The van der Waals surface area contributed by atoms with Gasteiger partial charge in [0, 0.05) is 13.3 Å². The van der Waals surface area contributed by atoms with Gasteiger partial charge in [0.15, 0.2) is 5.82 Å². The largest absolute Gasteiger partial charge is 0.458 e. The molecule has 2 heterocycles. The number of aliphatic hydroxyl groups excluding tert-OH is 1. The lowest BCUT2D eigenvalue weighted by atomic mass is 10.2. The van der Waals surface area contributed by atoms with Gasteiger partial charge in [0.05, 0.1) is 17.5 Å². The van der Waals surface area contributed by atoms with Gasteiger partial charge < -0.3 is 9.52 Å². The summed E-state index contributed by atoms with van der Waals surface area (Å²) in [6.45, 7) is 3.82. The zero-order valence-electron chi connectivity index (χ0n) is 15.6. The van der Waals surface area contributed by atoms with E-state index in [1.165, 1.54) is 18.1 Å². The zero-order chi connectivity index (χ0) is 19.5. The summed E-state index contributed by atoms with van der Waals surface area (Å²) >= 11 is 0. The van der Waals surface area contributed by atoms with Crippen LogP contribution in [0.5, 0.6) is 0 Å². The first-order chi connectivity index (χ1) is 13.1. The van der Waals surface area contributed by atoms with Gasteiger partial charge in [-0.3, -0.25) is 10.4 Å². The van der Waals surface area contributed by atoms with Crippen LogP contribution in [-0.4, -0.2) is 34.6 Å². The van der Waals surface area contributed by atoms with Crippen molar-refractivity contribution in [2.45, 2.75) is 20.5 Å². The number of furan rings is 1. The van der Waals surface area contributed by atoms with E-state index in [-0.39, 0.29) is 6.61 Å². The summed E-state index contributed by atoms with van der Waals surface area (Å²) in [4.78, 5) is 12.2. The lowest BCUT2D eigenvalue weighted by Gasteiger charge is -2.04. The van der Waals surface area contributed by atoms with Crippen molar-refractivity contribution in [2.75, 3.05) is 12.5 Å². The molecule has 0 aliphatic rings. The standard InChI is InChI=1S/C13H15N5O2.C7H8/c1-9-12(6-14-2)13(16-8-15-9)18-17-5-10-3-4-11(7-19)20-10;1-7-5-3-2-4-6-7/h3-6,8,19H,7H2,1-2H3,(H,15,16,18);2-6H,1H3/b14-6?,17-5+;. The van der Waals surface area contributed by atoms with E-state index in [1.807, 2.05) is 25.1 Å². The van der Waals surface area contributed by atoms with Gasteiger partial charge in [-0.2, -0.15) is 5.10 Å². The van der Waals surface area contributed by atoms with Crippen LogP contribution in [0, 0.1) is 13.8 Å². The number of aryl methyl sites for hydroxylation is 2. The molecule has 7 nitrogen and oxygen atoms in total. The van der Waals surface area contributed by atoms with E-state index < -0.39 is 0 Å². The molecule has 1 aromatic carbocycles. The molecule has 7 heteroatoms. The Morgan fingerprint density at radius 1 is 1.07 bits per heavy atom. The molecule has 27 heavy (non-hydrogen) atoms. The van der Waals surface area contributed by atoms with Gasteiger partial charge in [-0.25, -0.2) is 9.97 Å². The first kappa shape index (κ1) is 20.0. The molecule has 3 rings (SSSR count). The van der Waals surface area contributed by atoms with E-state index in [0.29, 0.717) is 17.3 Å². The molecule has 140 valence electrons. The lowest BCUT2D eigenvalue weighted by molar-refractivity contribution is 0.247. The van der Waals surface area contributed by atoms with Gasteiger partial charge >= 0.3 is 0 Å². The van der Waals surface area contributed by atoms with Crippen molar-refractivity contribution in [3.8, 4) is 0 Å². The molecule has 0 fully saturated rings. The van der Waals surface area contributed by atoms with Crippen LogP contribution in [0.2, 0.25) is 0 Å². The van der Waals surface area contributed by atoms with Crippen molar-refractivity contribution >= 4 is 18.2 Å². The van der Waals surface area contributed by atoms with Crippen molar-refractivity contribution < 1.29 is 9.52 Å². The Morgan fingerprint density at radius 2 is 1.85 bits per heavy atom. The Hall–Kier alpha value is -3.32. The number of aromatic nitrogens is 2. The summed E-state index contributed by atoms with van der Waals surface area (Å²) in [5, 5.41) is 12.9. The minimum Gasteiger partial charge on any atom is -0.458 e. The van der Waals surface area contributed by atoms with Crippen molar-refractivity contribution in [2.24, 2.45) is 10.1 Å². The van der Waals surface area contributed by atoms with Gasteiger partial charge in [0.1, 0.15) is 24.5 Å². The van der Waals surface area contributed by atoms with Crippen LogP contribution in [0.15, 0.2) is 63.3 Å². The minimum atomic E-state index is -0.135.